The third-order valence-electron chi connectivity index (χ3n) is 5.54. The SMILES string of the molecule is COCCNCC(=O)NC1CC2CC1C1CCCC21.Cl. The normalized spacial score (nSPS) is 37.5. The first-order valence-electron chi connectivity index (χ1n) is 7.78. The van der Waals surface area contributed by atoms with Gasteiger partial charge in [0.2, 0.25) is 5.91 Å². The monoisotopic (exact) mass is 302 g/mol. The molecule has 1 amide bonds. The summed E-state index contributed by atoms with van der Waals surface area (Å²) in [4.78, 5) is 11.9. The molecule has 0 saturated heterocycles. The molecule has 3 aliphatic rings. The van der Waals surface area contributed by atoms with Crippen LogP contribution in [-0.2, 0) is 9.53 Å². The summed E-state index contributed by atoms with van der Waals surface area (Å²) in [5.74, 6) is 3.76. The Labute approximate surface area is 127 Å². The number of hydrogen-bond donors (Lipinski definition) is 2. The van der Waals surface area contributed by atoms with Crippen molar-refractivity contribution in [2.45, 2.75) is 38.1 Å². The van der Waals surface area contributed by atoms with Crippen LogP contribution >= 0.6 is 12.4 Å². The molecule has 3 aliphatic carbocycles. The minimum Gasteiger partial charge on any atom is -0.383 e. The minimum absolute atomic E-state index is 0. The molecule has 3 fully saturated rings. The van der Waals surface area contributed by atoms with E-state index in [4.69, 9.17) is 4.74 Å². The van der Waals surface area contributed by atoms with Crippen molar-refractivity contribution in [2.75, 3.05) is 26.8 Å². The van der Waals surface area contributed by atoms with Crippen LogP contribution in [0.3, 0.4) is 0 Å². The third-order valence-corrected chi connectivity index (χ3v) is 5.54. The fraction of sp³-hybridized carbons (Fsp3) is 0.933. The predicted octanol–water partition coefficient (Wildman–Crippen LogP) is 1.59. The van der Waals surface area contributed by atoms with Crippen molar-refractivity contribution >= 4 is 18.3 Å². The maximum absolute atomic E-state index is 11.9. The van der Waals surface area contributed by atoms with Gasteiger partial charge < -0.3 is 15.4 Å². The first-order valence-corrected chi connectivity index (χ1v) is 7.78. The zero-order chi connectivity index (χ0) is 13.2. The van der Waals surface area contributed by atoms with Crippen molar-refractivity contribution in [1.29, 1.82) is 0 Å². The van der Waals surface area contributed by atoms with Gasteiger partial charge in [0, 0.05) is 19.7 Å². The van der Waals surface area contributed by atoms with Gasteiger partial charge in [-0.05, 0) is 49.4 Å². The Bertz CT molecular complexity index is 340. The maximum Gasteiger partial charge on any atom is 0.234 e. The van der Waals surface area contributed by atoms with Crippen LogP contribution in [0.15, 0.2) is 0 Å². The van der Waals surface area contributed by atoms with Crippen LogP contribution in [0.25, 0.3) is 0 Å². The van der Waals surface area contributed by atoms with E-state index in [0.717, 1.165) is 30.2 Å². The zero-order valence-electron chi connectivity index (χ0n) is 12.3. The molecule has 5 unspecified atom stereocenters. The van der Waals surface area contributed by atoms with Gasteiger partial charge in [0.05, 0.1) is 13.2 Å². The molecule has 4 nitrogen and oxygen atoms in total. The van der Waals surface area contributed by atoms with Gasteiger partial charge in [-0.3, -0.25) is 4.79 Å². The second kappa shape index (κ2) is 7.10. The van der Waals surface area contributed by atoms with E-state index in [9.17, 15) is 4.79 Å². The summed E-state index contributed by atoms with van der Waals surface area (Å²) in [5.41, 5.74) is 0. The van der Waals surface area contributed by atoms with Crippen molar-refractivity contribution < 1.29 is 9.53 Å². The number of carbonyl (C=O) groups excluding carboxylic acids is 1. The minimum atomic E-state index is 0. The van der Waals surface area contributed by atoms with Crippen LogP contribution in [0.1, 0.15) is 32.1 Å². The van der Waals surface area contributed by atoms with Crippen LogP contribution in [0.2, 0.25) is 0 Å². The number of fused-ring (bicyclic) bond motifs is 5. The average Bonchev–Trinajstić information content (AvgIpc) is 3.05. The van der Waals surface area contributed by atoms with Gasteiger partial charge in [0.25, 0.3) is 0 Å². The fourth-order valence-corrected chi connectivity index (χ4v) is 4.87. The van der Waals surface area contributed by atoms with Crippen molar-refractivity contribution in [3.05, 3.63) is 0 Å². The topological polar surface area (TPSA) is 50.4 Å². The quantitative estimate of drug-likeness (QED) is 0.733. The lowest BCUT2D eigenvalue weighted by Gasteiger charge is -2.32. The van der Waals surface area contributed by atoms with Crippen molar-refractivity contribution in [3.8, 4) is 0 Å². The van der Waals surface area contributed by atoms with E-state index >= 15 is 0 Å². The second-order valence-electron chi connectivity index (χ2n) is 6.50. The summed E-state index contributed by atoms with van der Waals surface area (Å²) in [5, 5.41) is 6.37. The molecule has 20 heavy (non-hydrogen) atoms. The van der Waals surface area contributed by atoms with Gasteiger partial charge in [-0.25, -0.2) is 0 Å². The molecule has 0 radical (unpaired) electrons. The second-order valence-corrected chi connectivity index (χ2v) is 6.50. The molecule has 2 bridgehead atoms. The van der Waals surface area contributed by atoms with Crippen molar-refractivity contribution in [2.24, 2.45) is 23.7 Å². The number of halogens is 1. The zero-order valence-corrected chi connectivity index (χ0v) is 13.1. The number of methoxy groups -OCH3 is 1. The van der Waals surface area contributed by atoms with Crippen molar-refractivity contribution in [3.63, 3.8) is 0 Å². The highest BCUT2D eigenvalue weighted by atomic mass is 35.5. The fourth-order valence-electron chi connectivity index (χ4n) is 4.87. The standard InChI is InChI=1S/C15H26N2O2.ClH/c1-19-6-5-16-9-15(18)17-14-8-10-7-13(14)12-4-2-3-11(10)12;/h10-14,16H,2-9H2,1H3,(H,17,18);1H. The number of ether oxygens (including phenoxy) is 1. The Hall–Kier alpha value is -0.320. The number of nitrogens with one attached hydrogen (secondary N) is 2. The molecule has 0 aromatic heterocycles. The highest BCUT2D eigenvalue weighted by molar-refractivity contribution is 5.85. The molecule has 2 N–H and O–H groups in total. The lowest BCUT2D eigenvalue weighted by atomic mass is 9.79. The number of carbonyl (C=O) groups is 1. The number of rotatable bonds is 6. The van der Waals surface area contributed by atoms with Gasteiger partial charge in [-0.1, -0.05) is 6.42 Å². The van der Waals surface area contributed by atoms with E-state index < -0.39 is 0 Å². The molecule has 5 heteroatoms. The molecule has 5 atom stereocenters. The van der Waals surface area contributed by atoms with E-state index in [1.165, 1.54) is 32.1 Å². The molecule has 3 rings (SSSR count). The molecule has 3 saturated carbocycles. The molecule has 0 aromatic rings. The van der Waals surface area contributed by atoms with Gasteiger partial charge in [-0.2, -0.15) is 0 Å². The molecule has 0 aliphatic heterocycles. The highest BCUT2D eigenvalue weighted by Gasteiger charge is 2.53. The molecule has 0 spiro atoms. The van der Waals surface area contributed by atoms with Gasteiger partial charge in [0.1, 0.15) is 0 Å². The Morgan fingerprint density at radius 1 is 1.20 bits per heavy atom. The average molecular weight is 303 g/mol. The summed E-state index contributed by atoms with van der Waals surface area (Å²) in [6, 6.07) is 0.459. The lowest BCUT2D eigenvalue weighted by Crippen LogP contribution is -2.45. The van der Waals surface area contributed by atoms with Crippen LogP contribution in [-0.4, -0.2) is 38.8 Å². The molecule has 0 aromatic carbocycles. The molecular weight excluding hydrogens is 276 g/mol. The Kier molecular flexibility index (Phi) is 5.70. The van der Waals surface area contributed by atoms with Crippen LogP contribution in [0, 0.1) is 23.7 Å². The summed E-state index contributed by atoms with van der Waals surface area (Å²) in [7, 11) is 1.68. The lowest BCUT2D eigenvalue weighted by molar-refractivity contribution is -0.121. The van der Waals surface area contributed by atoms with E-state index in [-0.39, 0.29) is 18.3 Å². The van der Waals surface area contributed by atoms with E-state index in [1.807, 2.05) is 0 Å². The molecule has 0 heterocycles. The van der Waals surface area contributed by atoms with Crippen LogP contribution in [0.5, 0.6) is 0 Å². The summed E-state index contributed by atoms with van der Waals surface area (Å²) in [6.07, 6.45) is 6.88. The Morgan fingerprint density at radius 2 is 2.00 bits per heavy atom. The Balaban J connectivity index is 0.00000147. The first kappa shape index (κ1) is 16.1. The van der Waals surface area contributed by atoms with Gasteiger partial charge in [-0.15, -0.1) is 12.4 Å². The summed E-state index contributed by atoms with van der Waals surface area (Å²) < 4.78 is 4.95. The van der Waals surface area contributed by atoms with Gasteiger partial charge in [0.15, 0.2) is 0 Å². The molecular formula is C15H27ClN2O2. The van der Waals surface area contributed by atoms with Crippen LogP contribution < -0.4 is 10.6 Å². The van der Waals surface area contributed by atoms with Crippen LogP contribution in [0.4, 0.5) is 0 Å². The Morgan fingerprint density at radius 3 is 2.80 bits per heavy atom. The van der Waals surface area contributed by atoms with Crippen molar-refractivity contribution in [1.82, 2.24) is 10.6 Å². The third kappa shape index (κ3) is 3.12. The maximum atomic E-state index is 11.9. The largest absolute Gasteiger partial charge is 0.383 e. The van der Waals surface area contributed by atoms with E-state index in [0.29, 0.717) is 19.2 Å². The summed E-state index contributed by atoms with van der Waals surface area (Å²) >= 11 is 0. The summed E-state index contributed by atoms with van der Waals surface area (Å²) in [6.45, 7) is 1.82. The number of amides is 1. The van der Waals surface area contributed by atoms with E-state index in [2.05, 4.69) is 10.6 Å². The first-order chi connectivity index (χ1) is 9.29. The molecule has 116 valence electrons. The number of hydrogen-bond acceptors (Lipinski definition) is 3. The van der Waals surface area contributed by atoms with Gasteiger partial charge >= 0.3 is 0 Å². The smallest absolute Gasteiger partial charge is 0.234 e. The highest BCUT2D eigenvalue weighted by Crippen LogP contribution is 2.58. The predicted molar refractivity (Wildman–Crippen MR) is 81.0 cm³/mol. The van der Waals surface area contributed by atoms with E-state index in [1.54, 1.807) is 7.11 Å².